The van der Waals surface area contributed by atoms with Crippen LogP contribution in [0.4, 0.5) is 18.9 Å². The van der Waals surface area contributed by atoms with Crippen molar-refractivity contribution in [2.75, 3.05) is 18.4 Å². The molecule has 1 aliphatic carbocycles. The van der Waals surface area contributed by atoms with Gasteiger partial charge in [0.1, 0.15) is 0 Å². The highest BCUT2D eigenvalue weighted by Gasteiger charge is 2.31. The number of anilines is 1. The Morgan fingerprint density at radius 3 is 2.57 bits per heavy atom. The second-order valence-electron chi connectivity index (χ2n) is 5.13. The first kappa shape index (κ1) is 15.6. The molecule has 1 aromatic rings. The van der Waals surface area contributed by atoms with Gasteiger partial charge in [0.15, 0.2) is 0 Å². The zero-order chi connectivity index (χ0) is 15.5. The number of benzene rings is 1. The molecule has 0 atom stereocenters. The van der Waals surface area contributed by atoms with E-state index in [-0.39, 0.29) is 5.56 Å². The minimum atomic E-state index is -4.49. The molecular formula is C14H18F3N3O. The van der Waals surface area contributed by atoms with Crippen LogP contribution in [0.3, 0.4) is 0 Å². The van der Waals surface area contributed by atoms with Gasteiger partial charge in [-0.15, -0.1) is 0 Å². The number of carbonyl (C=O) groups is 1. The van der Waals surface area contributed by atoms with Crippen molar-refractivity contribution in [1.29, 1.82) is 0 Å². The maximum absolute atomic E-state index is 12.6. The number of carbonyl (C=O) groups excluding carboxylic acids is 1. The van der Waals surface area contributed by atoms with Gasteiger partial charge in [0.2, 0.25) is 0 Å². The van der Waals surface area contributed by atoms with Crippen molar-refractivity contribution in [3.8, 4) is 0 Å². The van der Waals surface area contributed by atoms with Gasteiger partial charge in [-0.25, -0.2) is 0 Å². The molecule has 0 heterocycles. The predicted octanol–water partition coefficient (Wildman–Crippen LogP) is 2.36. The van der Waals surface area contributed by atoms with Crippen LogP contribution in [-0.2, 0) is 6.18 Å². The highest BCUT2D eigenvalue weighted by molar-refractivity contribution is 5.98. The van der Waals surface area contributed by atoms with Crippen LogP contribution >= 0.6 is 0 Å². The molecule has 2 rings (SSSR count). The van der Waals surface area contributed by atoms with E-state index in [1.54, 1.807) is 0 Å². The number of nitrogens with two attached hydrogens (primary N) is 1. The van der Waals surface area contributed by atoms with Crippen LogP contribution < -0.4 is 16.4 Å². The van der Waals surface area contributed by atoms with Crippen LogP contribution in [0.25, 0.3) is 0 Å². The van der Waals surface area contributed by atoms with E-state index in [0.717, 1.165) is 25.1 Å². The SMILES string of the molecule is NC(=O)c1cc(C(F)(F)F)ccc1NCCCNC1CC1. The summed E-state index contributed by atoms with van der Waals surface area (Å²) in [5.41, 5.74) is 4.47. The third-order valence-electron chi connectivity index (χ3n) is 3.29. The summed E-state index contributed by atoms with van der Waals surface area (Å²) in [7, 11) is 0. The molecule has 0 bridgehead atoms. The van der Waals surface area contributed by atoms with Crippen molar-refractivity contribution in [2.45, 2.75) is 31.5 Å². The minimum Gasteiger partial charge on any atom is -0.384 e. The summed E-state index contributed by atoms with van der Waals surface area (Å²) in [6.45, 7) is 1.40. The first-order valence-corrected chi connectivity index (χ1v) is 6.86. The van der Waals surface area contributed by atoms with Crippen molar-refractivity contribution in [3.63, 3.8) is 0 Å². The van der Waals surface area contributed by atoms with E-state index in [0.29, 0.717) is 18.3 Å². The number of hydrogen-bond donors (Lipinski definition) is 3. The molecule has 1 aromatic carbocycles. The lowest BCUT2D eigenvalue weighted by molar-refractivity contribution is -0.137. The molecule has 1 amide bonds. The van der Waals surface area contributed by atoms with E-state index in [4.69, 9.17) is 5.73 Å². The largest absolute Gasteiger partial charge is 0.416 e. The van der Waals surface area contributed by atoms with E-state index in [1.807, 2.05) is 0 Å². The molecule has 0 saturated heterocycles. The molecule has 1 fully saturated rings. The van der Waals surface area contributed by atoms with Gasteiger partial charge in [0.25, 0.3) is 5.91 Å². The minimum absolute atomic E-state index is 0.139. The fourth-order valence-corrected chi connectivity index (χ4v) is 1.98. The Kier molecular flexibility index (Phi) is 4.72. The van der Waals surface area contributed by atoms with Gasteiger partial charge in [0, 0.05) is 18.3 Å². The Bertz CT molecular complexity index is 513. The zero-order valence-corrected chi connectivity index (χ0v) is 11.5. The molecule has 0 unspecified atom stereocenters. The van der Waals surface area contributed by atoms with Gasteiger partial charge in [-0.2, -0.15) is 13.2 Å². The van der Waals surface area contributed by atoms with E-state index in [1.165, 1.54) is 18.9 Å². The maximum atomic E-state index is 12.6. The summed E-state index contributed by atoms with van der Waals surface area (Å²) in [5.74, 6) is -0.875. The van der Waals surface area contributed by atoms with Gasteiger partial charge >= 0.3 is 6.18 Å². The Hall–Kier alpha value is -1.76. The maximum Gasteiger partial charge on any atom is 0.416 e. The molecule has 21 heavy (non-hydrogen) atoms. The van der Waals surface area contributed by atoms with E-state index >= 15 is 0 Å². The molecule has 7 heteroatoms. The predicted molar refractivity (Wildman–Crippen MR) is 74.1 cm³/mol. The zero-order valence-electron chi connectivity index (χ0n) is 11.5. The van der Waals surface area contributed by atoms with Crippen molar-refractivity contribution in [3.05, 3.63) is 29.3 Å². The average molecular weight is 301 g/mol. The lowest BCUT2D eigenvalue weighted by atomic mass is 10.1. The van der Waals surface area contributed by atoms with Crippen molar-refractivity contribution in [2.24, 2.45) is 5.73 Å². The molecule has 116 valence electrons. The molecule has 1 aliphatic rings. The Balaban J connectivity index is 1.95. The molecule has 4 N–H and O–H groups in total. The number of halogens is 3. The van der Waals surface area contributed by atoms with E-state index in [2.05, 4.69) is 10.6 Å². The lowest BCUT2D eigenvalue weighted by Gasteiger charge is -2.13. The van der Waals surface area contributed by atoms with Crippen LogP contribution in [0.15, 0.2) is 18.2 Å². The van der Waals surface area contributed by atoms with Gasteiger partial charge in [-0.1, -0.05) is 0 Å². The normalized spacial score (nSPS) is 15.0. The Morgan fingerprint density at radius 1 is 1.29 bits per heavy atom. The molecular weight excluding hydrogens is 283 g/mol. The van der Waals surface area contributed by atoms with E-state index < -0.39 is 17.6 Å². The van der Waals surface area contributed by atoms with Crippen LogP contribution in [0.5, 0.6) is 0 Å². The lowest BCUT2D eigenvalue weighted by Crippen LogP contribution is -2.21. The topological polar surface area (TPSA) is 67.2 Å². The van der Waals surface area contributed by atoms with Crippen LogP contribution in [-0.4, -0.2) is 25.0 Å². The van der Waals surface area contributed by atoms with Crippen LogP contribution in [0, 0.1) is 0 Å². The molecule has 1 saturated carbocycles. The number of alkyl halides is 3. The molecule has 4 nitrogen and oxygen atoms in total. The summed E-state index contributed by atoms with van der Waals surface area (Å²) in [5, 5.41) is 6.29. The summed E-state index contributed by atoms with van der Waals surface area (Å²) < 4.78 is 37.8. The highest BCUT2D eigenvalue weighted by atomic mass is 19.4. The monoisotopic (exact) mass is 301 g/mol. The smallest absolute Gasteiger partial charge is 0.384 e. The Labute approximate surface area is 120 Å². The van der Waals surface area contributed by atoms with Crippen molar-refractivity contribution >= 4 is 11.6 Å². The third kappa shape index (κ3) is 4.63. The first-order valence-electron chi connectivity index (χ1n) is 6.86. The molecule has 0 aromatic heterocycles. The van der Waals surface area contributed by atoms with Gasteiger partial charge < -0.3 is 16.4 Å². The highest BCUT2D eigenvalue weighted by Crippen LogP contribution is 2.31. The van der Waals surface area contributed by atoms with Crippen LogP contribution in [0.1, 0.15) is 35.2 Å². The quantitative estimate of drug-likeness (QED) is 0.677. The average Bonchev–Trinajstić information content (AvgIpc) is 3.21. The Morgan fingerprint density at radius 2 is 2.00 bits per heavy atom. The van der Waals surface area contributed by atoms with Gasteiger partial charge in [-0.05, 0) is 44.0 Å². The standard InChI is InChI=1S/C14H18F3N3O/c15-14(16,17)9-2-5-12(11(8-9)13(18)21)20-7-1-6-19-10-3-4-10/h2,5,8,10,19-20H,1,3-4,6-7H2,(H2,18,21). The third-order valence-corrected chi connectivity index (χ3v) is 3.29. The van der Waals surface area contributed by atoms with E-state index in [9.17, 15) is 18.0 Å². The number of rotatable bonds is 7. The summed E-state index contributed by atoms with van der Waals surface area (Å²) in [4.78, 5) is 11.3. The van der Waals surface area contributed by atoms with Crippen molar-refractivity contribution < 1.29 is 18.0 Å². The second kappa shape index (κ2) is 6.34. The summed E-state index contributed by atoms with van der Waals surface area (Å²) in [6, 6.07) is 3.60. The van der Waals surface area contributed by atoms with Crippen molar-refractivity contribution in [1.82, 2.24) is 5.32 Å². The molecule has 0 spiro atoms. The van der Waals surface area contributed by atoms with Gasteiger partial charge in [-0.3, -0.25) is 4.79 Å². The number of nitrogens with one attached hydrogen (secondary N) is 2. The molecule has 0 radical (unpaired) electrons. The van der Waals surface area contributed by atoms with Crippen LogP contribution in [0.2, 0.25) is 0 Å². The molecule has 0 aliphatic heterocycles. The number of primary amides is 1. The number of amides is 1. The number of hydrogen-bond acceptors (Lipinski definition) is 3. The fraction of sp³-hybridized carbons (Fsp3) is 0.500. The first-order chi connectivity index (χ1) is 9.88. The fourth-order valence-electron chi connectivity index (χ4n) is 1.98. The summed E-state index contributed by atoms with van der Waals surface area (Å²) in [6.07, 6.45) is -1.26. The summed E-state index contributed by atoms with van der Waals surface area (Å²) >= 11 is 0. The second-order valence-corrected chi connectivity index (χ2v) is 5.13. The van der Waals surface area contributed by atoms with Gasteiger partial charge in [0.05, 0.1) is 11.1 Å².